The number of phenolic OH excluding ortho intramolecular Hbond substituents is 1. The first-order valence-electron chi connectivity index (χ1n) is 5.66. The minimum Gasteiger partial charge on any atom is -0.508 e. The van der Waals surface area contributed by atoms with Crippen molar-refractivity contribution < 1.29 is 19.4 Å². The number of hydrogen-bond donors (Lipinski definition) is 1. The van der Waals surface area contributed by atoms with Crippen LogP contribution in [0.25, 0.3) is 10.6 Å². The molecule has 0 saturated carbocycles. The number of aromatic nitrogens is 1. The number of ether oxygens (including phenoxy) is 2. The highest BCUT2D eigenvalue weighted by atomic mass is 32.1. The van der Waals surface area contributed by atoms with Crippen LogP contribution in [0.1, 0.15) is 16.6 Å². The molecule has 0 spiro atoms. The lowest BCUT2D eigenvalue weighted by molar-refractivity contribution is 0.0532. The van der Waals surface area contributed by atoms with Crippen molar-refractivity contribution in [2.75, 3.05) is 13.7 Å². The minimum atomic E-state index is -0.385. The van der Waals surface area contributed by atoms with Gasteiger partial charge in [0, 0.05) is 6.07 Å². The van der Waals surface area contributed by atoms with Gasteiger partial charge >= 0.3 is 5.97 Å². The molecule has 1 N–H and O–H groups in total. The Morgan fingerprint density at radius 3 is 2.95 bits per heavy atom. The molecule has 1 aromatic heterocycles. The zero-order valence-corrected chi connectivity index (χ0v) is 11.4. The van der Waals surface area contributed by atoms with Crippen LogP contribution >= 0.6 is 11.3 Å². The maximum Gasteiger partial charge on any atom is 0.349 e. The zero-order chi connectivity index (χ0) is 13.8. The molecule has 0 aliphatic carbocycles. The summed E-state index contributed by atoms with van der Waals surface area (Å²) in [4.78, 5) is 16.2. The van der Waals surface area contributed by atoms with Gasteiger partial charge in [0.25, 0.3) is 0 Å². The molecule has 0 saturated heterocycles. The third-order valence-electron chi connectivity index (χ3n) is 2.40. The van der Waals surface area contributed by atoms with Crippen molar-refractivity contribution in [1.82, 2.24) is 4.98 Å². The predicted molar refractivity (Wildman–Crippen MR) is 71.7 cm³/mol. The molecule has 2 aromatic rings. The van der Waals surface area contributed by atoms with E-state index >= 15 is 0 Å². The second-order valence-corrected chi connectivity index (χ2v) is 4.67. The van der Waals surface area contributed by atoms with Gasteiger partial charge in [-0.05, 0) is 19.1 Å². The standard InChI is InChI=1S/C13H13NO4S/c1-3-18-13(16)11-7-14-12(19-11)9-5-4-8(15)6-10(9)17-2/h4-7,15H,3H2,1-2H3. The monoisotopic (exact) mass is 279 g/mol. The van der Waals surface area contributed by atoms with Crippen LogP contribution in [0.5, 0.6) is 11.5 Å². The molecule has 0 bridgehead atoms. The van der Waals surface area contributed by atoms with Gasteiger partial charge in [0.2, 0.25) is 0 Å². The molecule has 1 aromatic carbocycles. The summed E-state index contributed by atoms with van der Waals surface area (Å²) < 4.78 is 10.1. The molecule has 1 heterocycles. The predicted octanol–water partition coefficient (Wildman–Crippen LogP) is 2.70. The number of methoxy groups -OCH3 is 1. The highest BCUT2D eigenvalue weighted by Crippen LogP contribution is 2.35. The van der Waals surface area contributed by atoms with Gasteiger partial charge in [0.1, 0.15) is 21.4 Å². The third-order valence-corrected chi connectivity index (χ3v) is 3.41. The van der Waals surface area contributed by atoms with E-state index in [1.54, 1.807) is 19.1 Å². The van der Waals surface area contributed by atoms with Gasteiger partial charge in [-0.2, -0.15) is 0 Å². The highest BCUT2D eigenvalue weighted by molar-refractivity contribution is 7.16. The minimum absolute atomic E-state index is 0.114. The Morgan fingerprint density at radius 2 is 2.26 bits per heavy atom. The number of phenols is 1. The quantitative estimate of drug-likeness (QED) is 0.871. The molecule has 0 unspecified atom stereocenters. The normalized spacial score (nSPS) is 10.2. The van der Waals surface area contributed by atoms with Crippen molar-refractivity contribution >= 4 is 17.3 Å². The Morgan fingerprint density at radius 1 is 1.47 bits per heavy atom. The molecule has 2 rings (SSSR count). The van der Waals surface area contributed by atoms with Crippen molar-refractivity contribution in [2.45, 2.75) is 6.92 Å². The van der Waals surface area contributed by atoms with Gasteiger partial charge in [-0.15, -0.1) is 11.3 Å². The summed E-state index contributed by atoms with van der Waals surface area (Å²) >= 11 is 1.22. The summed E-state index contributed by atoms with van der Waals surface area (Å²) in [6.07, 6.45) is 1.48. The van der Waals surface area contributed by atoms with E-state index in [1.807, 2.05) is 0 Å². The van der Waals surface area contributed by atoms with E-state index in [1.165, 1.54) is 30.7 Å². The van der Waals surface area contributed by atoms with E-state index in [-0.39, 0.29) is 11.7 Å². The van der Waals surface area contributed by atoms with Gasteiger partial charge in [-0.25, -0.2) is 9.78 Å². The summed E-state index contributed by atoms with van der Waals surface area (Å²) in [7, 11) is 1.51. The molecule has 0 radical (unpaired) electrons. The fourth-order valence-corrected chi connectivity index (χ4v) is 2.39. The largest absolute Gasteiger partial charge is 0.508 e. The van der Waals surface area contributed by atoms with Crippen LogP contribution in [0.4, 0.5) is 0 Å². The molecule has 0 atom stereocenters. The number of thiazole rings is 1. The molecule has 0 amide bonds. The van der Waals surface area contributed by atoms with Gasteiger partial charge in [-0.1, -0.05) is 0 Å². The van der Waals surface area contributed by atoms with Crippen LogP contribution in [-0.4, -0.2) is 29.8 Å². The van der Waals surface area contributed by atoms with E-state index in [4.69, 9.17) is 9.47 Å². The topological polar surface area (TPSA) is 68.7 Å². The van der Waals surface area contributed by atoms with Crippen LogP contribution < -0.4 is 4.74 Å². The van der Waals surface area contributed by atoms with Crippen molar-refractivity contribution in [1.29, 1.82) is 0 Å². The molecule has 19 heavy (non-hydrogen) atoms. The van der Waals surface area contributed by atoms with E-state index in [9.17, 15) is 9.90 Å². The number of nitrogens with zero attached hydrogens (tertiary/aromatic N) is 1. The third kappa shape index (κ3) is 2.85. The first-order valence-corrected chi connectivity index (χ1v) is 6.47. The molecule has 0 aliphatic rings. The summed E-state index contributed by atoms with van der Waals surface area (Å²) in [6.45, 7) is 2.08. The van der Waals surface area contributed by atoms with Crippen molar-refractivity contribution in [3.8, 4) is 22.1 Å². The zero-order valence-electron chi connectivity index (χ0n) is 10.5. The molecule has 100 valence electrons. The van der Waals surface area contributed by atoms with Gasteiger partial charge in [-0.3, -0.25) is 0 Å². The number of benzene rings is 1. The summed E-state index contributed by atoms with van der Waals surface area (Å²) in [5, 5.41) is 10.0. The number of hydrogen-bond acceptors (Lipinski definition) is 6. The first-order chi connectivity index (χ1) is 9.15. The van der Waals surface area contributed by atoms with Crippen LogP contribution in [0.15, 0.2) is 24.4 Å². The van der Waals surface area contributed by atoms with Crippen LogP contribution in [0.3, 0.4) is 0 Å². The number of rotatable bonds is 4. The molecular weight excluding hydrogens is 266 g/mol. The Hall–Kier alpha value is -2.08. The Balaban J connectivity index is 2.35. The summed E-state index contributed by atoms with van der Waals surface area (Å²) in [5.41, 5.74) is 0.723. The van der Waals surface area contributed by atoms with Gasteiger partial charge in [0.05, 0.1) is 25.5 Å². The molecule has 5 nitrogen and oxygen atoms in total. The SMILES string of the molecule is CCOC(=O)c1cnc(-c2ccc(O)cc2OC)s1. The van der Waals surface area contributed by atoms with E-state index < -0.39 is 0 Å². The van der Waals surface area contributed by atoms with E-state index in [0.717, 1.165) is 5.56 Å². The summed E-state index contributed by atoms with van der Waals surface area (Å²) in [6, 6.07) is 4.74. The molecule has 0 aliphatic heterocycles. The molecular formula is C13H13NO4S. The fourth-order valence-electron chi connectivity index (χ4n) is 1.55. The van der Waals surface area contributed by atoms with Crippen molar-refractivity contribution in [3.05, 3.63) is 29.3 Å². The average Bonchev–Trinajstić information content (AvgIpc) is 2.88. The van der Waals surface area contributed by atoms with Crippen LogP contribution in [0.2, 0.25) is 0 Å². The second kappa shape index (κ2) is 5.71. The Kier molecular flexibility index (Phi) is 4.01. The lowest BCUT2D eigenvalue weighted by atomic mass is 10.2. The van der Waals surface area contributed by atoms with Crippen molar-refractivity contribution in [3.63, 3.8) is 0 Å². The van der Waals surface area contributed by atoms with E-state index in [2.05, 4.69) is 4.98 Å². The van der Waals surface area contributed by atoms with E-state index in [0.29, 0.717) is 22.2 Å². The van der Waals surface area contributed by atoms with Gasteiger partial charge in [0.15, 0.2) is 0 Å². The Bertz CT molecular complexity index is 594. The average molecular weight is 279 g/mol. The molecule has 0 fully saturated rings. The number of esters is 1. The lowest BCUT2D eigenvalue weighted by Gasteiger charge is -2.05. The first kappa shape index (κ1) is 13.4. The second-order valence-electron chi connectivity index (χ2n) is 3.63. The fraction of sp³-hybridized carbons (Fsp3) is 0.231. The maximum absolute atomic E-state index is 11.6. The molecule has 6 heteroatoms. The van der Waals surface area contributed by atoms with Crippen LogP contribution in [0, 0.1) is 0 Å². The van der Waals surface area contributed by atoms with Gasteiger partial charge < -0.3 is 14.6 Å². The number of aromatic hydroxyl groups is 1. The maximum atomic E-state index is 11.6. The number of carbonyl (C=O) groups excluding carboxylic acids is 1. The highest BCUT2D eigenvalue weighted by Gasteiger charge is 2.15. The summed E-state index contributed by atoms with van der Waals surface area (Å²) in [5.74, 6) is 0.233. The van der Waals surface area contributed by atoms with Crippen LogP contribution in [-0.2, 0) is 4.74 Å². The van der Waals surface area contributed by atoms with Crippen molar-refractivity contribution in [2.24, 2.45) is 0 Å². The smallest absolute Gasteiger partial charge is 0.349 e. The lowest BCUT2D eigenvalue weighted by Crippen LogP contribution is -2.01. The number of carbonyl (C=O) groups is 1. The Labute approximate surface area is 114 Å².